The Hall–Kier alpha value is -1.79. The molecular weight excluding hydrogens is 319 g/mol. The van der Waals surface area contributed by atoms with E-state index in [2.05, 4.69) is 5.32 Å². The predicted octanol–water partition coefficient (Wildman–Crippen LogP) is 1.63. The van der Waals surface area contributed by atoms with Crippen LogP contribution in [0.3, 0.4) is 0 Å². The van der Waals surface area contributed by atoms with Crippen molar-refractivity contribution in [3.05, 3.63) is 33.8 Å². The van der Waals surface area contributed by atoms with Gasteiger partial charge in [-0.1, -0.05) is 29.3 Å². The van der Waals surface area contributed by atoms with Crippen LogP contribution in [0.2, 0.25) is 10.0 Å². The van der Waals surface area contributed by atoms with Gasteiger partial charge in [-0.05, 0) is 17.7 Å². The number of ether oxygens (including phenoxy) is 1. The Kier molecular flexibility index (Phi) is 5.03. The SMILES string of the molecule is O=C(Cc1ccc(Cl)c(Cl)c1)OCC(=O)N1CCNC1=O. The largest absolute Gasteiger partial charge is 0.455 e. The number of hydrogen-bond acceptors (Lipinski definition) is 4. The quantitative estimate of drug-likeness (QED) is 0.851. The van der Waals surface area contributed by atoms with Gasteiger partial charge >= 0.3 is 12.0 Å². The molecule has 1 fully saturated rings. The zero-order chi connectivity index (χ0) is 15.4. The number of rotatable bonds is 4. The van der Waals surface area contributed by atoms with Gasteiger partial charge in [-0.3, -0.25) is 14.5 Å². The summed E-state index contributed by atoms with van der Waals surface area (Å²) in [5, 5.41) is 3.22. The van der Waals surface area contributed by atoms with Gasteiger partial charge in [-0.25, -0.2) is 4.79 Å². The van der Waals surface area contributed by atoms with E-state index in [0.717, 1.165) is 4.90 Å². The zero-order valence-electron chi connectivity index (χ0n) is 10.9. The third-order valence-electron chi connectivity index (χ3n) is 2.85. The molecule has 0 unspecified atom stereocenters. The summed E-state index contributed by atoms with van der Waals surface area (Å²) in [4.78, 5) is 35.6. The van der Waals surface area contributed by atoms with Gasteiger partial charge in [0.15, 0.2) is 6.61 Å². The minimum Gasteiger partial charge on any atom is -0.455 e. The summed E-state index contributed by atoms with van der Waals surface area (Å²) < 4.78 is 4.85. The van der Waals surface area contributed by atoms with Crippen LogP contribution in [0.4, 0.5) is 4.79 Å². The average Bonchev–Trinajstić information content (AvgIpc) is 2.86. The van der Waals surface area contributed by atoms with Crippen molar-refractivity contribution in [2.45, 2.75) is 6.42 Å². The number of amides is 3. The monoisotopic (exact) mass is 330 g/mol. The van der Waals surface area contributed by atoms with Crippen molar-refractivity contribution >= 4 is 41.1 Å². The van der Waals surface area contributed by atoms with Gasteiger partial charge < -0.3 is 10.1 Å². The van der Waals surface area contributed by atoms with E-state index >= 15 is 0 Å². The van der Waals surface area contributed by atoms with Gasteiger partial charge in [0, 0.05) is 13.1 Å². The van der Waals surface area contributed by atoms with E-state index in [-0.39, 0.29) is 13.0 Å². The molecule has 21 heavy (non-hydrogen) atoms. The van der Waals surface area contributed by atoms with Crippen molar-refractivity contribution in [1.29, 1.82) is 0 Å². The molecule has 1 saturated heterocycles. The third kappa shape index (κ3) is 4.09. The number of nitrogens with one attached hydrogen (secondary N) is 1. The fourth-order valence-electron chi connectivity index (χ4n) is 1.80. The van der Waals surface area contributed by atoms with E-state index in [9.17, 15) is 14.4 Å². The van der Waals surface area contributed by atoms with Crippen LogP contribution in [-0.4, -0.2) is 42.5 Å². The molecule has 1 aliphatic rings. The van der Waals surface area contributed by atoms with Gasteiger partial charge in [0.1, 0.15) is 0 Å². The Labute approximate surface area is 130 Å². The number of carbonyl (C=O) groups is 3. The molecule has 0 saturated carbocycles. The lowest BCUT2D eigenvalue weighted by Gasteiger charge is -2.12. The minimum absolute atomic E-state index is 0.0314. The predicted molar refractivity (Wildman–Crippen MR) is 76.2 cm³/mol. The summed E-state index contributed by atoms with van der Waals surface area (Å²) in [5.74, 6) is -1.13. The Morgan fingerprint density at radius 2 is 2.05 bits per heavy atom. The van der Waals surface area contributed by atoms with E-state index in [1.54, 1.807) is 18.2 Å². The van der Waals surface area contributed by atoms with E-state index in [1.807, 2.05) is 0 Å². The second-order valence-corrected chi connectivity index (χ2v) is 5.18. The molecule has 2 rings (SSSR count). The summed E-state index contributed by atoms with van der Waals surface area (Å²) in [7, 11) is 0. The molecule has 3 amide bonds. The highest BCUT2D eigenvalue weighted by molar-refractivity contribution is 6.42. The first-order chi connectivity index (χ1) is 9.97. The number of urea groups is 1. The Morgan fingerprint density at radius 3 is 2.67 bits per heavy atom. The fourth-order valence-corrected chi connectivity index (χ4v) is 2.12. The summed E-state index contributed by atoms with van der Waals surface area (Å²) in [5.41, 5.74) is 0.626. The average molecular weight is 331 g/mol. The molecule has 6 nitrogen and oxygen atoms in total. The summed E-state index contributed by atoms with van der Waals surface area (Å²) >= 11 is 11.6. The number of carbonyl (C=O) groups excluding carboxylic acids is 3. The number of hydrogen-bond donors (Lipinski definition) is 1. The molecule has 0 spiro atoms. The second-order valence-electron chi connectivity index (χ2n) is 4.36. The van der Waals surface area contributed by atoms with Crippen molar-refractivity contribution in [2.75, 3.05) is 19.7 Å². The Morgan fingerprint density at radius 1 is 1.29 bits per heavy atom. The lowest BCUT2D eigenvalue weighted by molar-refractivity contribution is -0.150. The lowest BCUT2D eigenvalue weighted by Crippen LogP contribution is -2.37. The Bertz CT molecular complexity index is 592. The van der Waals surface area contributed by atoms with Crippen LogP contribution in [-0.2, 0) is 20.7 Å². The van der Waals surface area contributed by atoms with Crippen LogP contribution in [0.1, 0.15) is 5.56 Å². The molecule has 8 heteroatoms. The van der Waals surface area contributed by atoms with Crippen LogP contribution in [0.15, 0.2) is 18.2 Å². The number of benzene rings is 1. The number of nitrogens with zero attached hydrogens (tertiary/aromatic N) is 1. The van der Waals surface area contributed by atoms with Crippen molar-refractivity contribution in [2.24, 2.45) is 0 Å². The molecule has 1 heterocycles. The van der Waals surface area contributed by atoms with Crippen molar-refractivity contribution in [3.8, 4) is 0 Å². The van der Waals surface area contributed by atoms with Gasteiger partial charge in [-0.15, -0.1) is 0 Å². The highest BCUT2D eigenvalue weighted by Crippen LogP contribution is 2.22. The smallest absolute Gasteiger partial charge is 0.324 e. The van der Waals surface area contributed by atoms with Crippen LogP contribution in [0.25, 0.3) is 0 Å². The molecule has 1 aromatic carbocycles. The fraction of sp³-hybridized carbons (Fsp3) is 0.308. The van der Waals surface area contributed by atoms with Gasteiger partial charge in [0.05, 0.1) is 16.5 Å². The molecule has 1 aliphatic heterocycles. The zero-order valence-corrected chi connectivity index (χ0v) is 12.4. The van der Waals surface area contributed by atoms with E-state index in [0.29, 0.717) is 22.2 Å². The number of halogens is 2. The molecule has 1 N–H and O–H groups in total. The topological polar surface area (TPSA) is 75.7 Å². The maximum Gasteiger partial charge on any atom is 0.324 e. The van der Waals surface area contributed by atoms with Gasteiger partial charge in [0.25, 0.3) is 5.91 Å². The molecule has 0 aromatic heterocycles. The van der Waals surface area contributed by atoms with Crippen LogP contribution < -0.4 is 5.32 Å². The third-order valence-corrected chi connectivity index (χ3v) is 3.59. The second kappa shape index (κ2) is 6.78. The summed E-state index contributed by atoms with van der Waals surface area (Å²) in [6.45, 7) is 0.220. The molecule has 0 bridgehead atoms. The Balaban J connectivity index is 1.83. The first kappa shape index (κ1) is 15.6. The highest BCUT2D eigenvalue weighted by Gasteiger charge is 2.26. The standard InChI is InChI=1S/C13H12Cl2N2O4/c14-9-2-1-8(5-10(9)15)6-12(19)21-7-11(18)17-4-3-16-13(17)20/h1-2,5H,3-4,6-7H2,(H,16,20). The number of imide groups is 1. The molecule has 0 aliphatic carbocycles. The first-order valence-electron chi connectivity index (χ1n) is 6.15. The maximum atomic E-state index is 11.7. The van der Waals surface area contributed by atoms with Crippen LogP contribution >= 0.6 is 23.2 Å². The van der Waals surface area contributed by atoms with Crippen molar-refractivity contribution < 1.29 is 19.1 Å². The maximum absolute atomic E-state index is 11.7. The number of esters is 1. The molecule has 0 atom stereocenters. The summed E-state index contributed by atoms with van der Waals surface area (Å²) in [6, 6.07) is 4.30. The van der Waals surface area contributed by atoms with Crippen molar-refractivity contribution in [3.63, 3.8) is 0 Å². The minimum atomic E-state index is -0.582. The van der Waals surface area contributed by atoms with Crippen LogP contribution in [0.5, 0.6) is 0 Å². The van der Waals surface area contributed by atoms with E-state index in [4.69, 9.17) is 27.9 Å². The van der Waals surface area contributed by atoms with Gasteiger partial charge in [-0.2, -0.15) is 0 Å². The van der Waals surface area contributed by atoms with Crippen LogP contribution in [0, 0.1) is 0 Å². The highest BCUT2D eigenvalue weighted by atomic mass is 35.5. The molecule has 0 radical (unpaired) electrons. The first-order valence-corrected chi connectivity index (χ1v) is 6.90. The molecule has 1 aromatic rings. The normalized spacial score (nSPS) is 14.0. The molecular formula is C13H12Cl2N2O4. The summed E-state index contributed by atoms with van der Waals surface area (Å²) in [6.07, 6.45) is -0.0314. The lowest BCUT2D eigenvalue weighted by atomic mass is 10.1. The van der Waals surface area contributed by atoms with E-state index in [1.165, 1.54) is 0 Å². The molecule has 112 valence electrons. The van der Waals surface area contributed by atoms with E-state index < -0.39 is 24.5 Å². The van der Waals surface area contributed by atoms with Gasteiger partial charge in [0.2, 0.25) is 0 Å². The van der Waals surface area contributed by atoms with Crippen molar-refractivity contribution in [1.82, 2.24) is 10.2 Å².